The Balaban J connectivity index is 1.97. The van der Waals surface area contributed by atoms with Gasteiger partial charge in [-0.1, -0.05) is 54.1 Å². The average Bonchev–Trinajstić information content (AvgIpc) is 2.48. The molecule has 0 saturated carbocycles. The molecule has 0 amide bonds. The van der Waals surface area contributed by atoms with Crippen LogP contribution in [0.25, 0.3) is 0 Å². The number of rotatable bonds is 6. The molecule has 0 bridgehead atoms. The fourth-order valence-corrected chi connectivity index (χ4v) is 3.46. The fourth-order valence-electron chi connectivity index (χ4n) is 2.33. The minimum Gasteiger partial charge on any atom is -0.312 e. The Bertz CT molecular complexity index is 536. The molecule has 1 atom stereocenters. The highest BCUT2D eigenvalue weighted by Crippen LogP contribution is 2.24. The summed E-state index contributed by atoms with van der Waals surface area (Å²) in [5, 5.41) is 3.45. The molecule has 2 rings (SSSR count). The number of benzene rings is 2. The normalized spacial score (nSPS) is 12.3. The monoisotopic (exact) mass is 285 g/mol. The maximum Gasteiger partial charge on any atom is 0.0412 e. The van der Waals surface area contributed by atoms with E-state index in [1.54, 1.807) is 0 Å². The summed E-state index contributed by atoms with van der Waals surface area (Å²) in [6, 6.07) is 17.8. The van der Waals surface area contributed by atoms with Crippen molar-refractivity contribution in [3.63, 3.8) is 0 Å². The highest BCUT2D eigenvalue weighted by molar-refractivity contribution is 7.98. The molecule has 0 radical (unpaired) electrons. The maximum atomic E-state index is 3.45. The van der Waals surface area contributed by atoms with Crippen molar-refractivity contribution >= 4 is 11.8 Å². The lowest BCUT2D eigenvalue weighted by Crippen LogP contribution is -2.20. The van der Waals surface area contributed by atoms with E-state index in [2.05, 4.69) is 74.7 Å². The molecule has 0 aliphatic carbocycles. The second-order valence-corrected chi connectivity index (χ2v) is 6.23. The van der Waals surface area contributed by atoms with Crippen molar-refractivity contribution in [3.05, 3.63) is 70.8 Å². The predicted octanol–water partition coefficient (Wildman–Crippen LogP) is 4.50. The minimum atomic E-state index is 0.420. The van der Waals surface area contributed by atoms with Gasteiger partial charge in [0.1, 0.15) is 0 Å². The number of thioether (sulfide) groups is 1. The third-order valence-corrected chi connectivity index (χ3v) is 4.66. The molecular formula is C18H23NS. The second-order valence-electron chi connectivity index (χ2n) is 5.20. The first-order valence-corrected chi connectivity index (χ1v) is 8.22. The highest BCUT2D eigenvalue weighted by Gasteiger charge is 2.12. The third kappa shape index (κ3) is 4.12. The number of hydrogen-bond donors (Lipinski definition) is 1. The molecule has 1 unspecified atom stereocenters. The SMILES string of the molecule is CNC(CSCc1ccccc1)c1cc(C)ccc1C. The molecule has 0 aromatic heterocycles. The minimum absolute atomic E-state index is 0.420. The van der Waals surface area contributed by atoms with Gasteiger partial charge in [-0.2, -0.15) is 11.8 Å². The van der Waals surface area contributed by atoms with E-state index in [1.165, 1.54) is 22.3 Å². The van der Waals surface area contributed by atoms with E-state index in [4.69, 9.17) is 0 Å². The zero-order chi connectivity index (χ0) is 14.4. The van der Waals surface area contributed by atoms with Gasteiger partial charge in [-0.05, 0) is 37.6 Å². The Morgan fingerprint density at radius 2 is 1.80 bits per heavy atom. The first-order chi connectivity index (χ1) is 9.70. The Morgan fingerprint density at radius 1 is 1.05 bits per heavy atom. The summed E-state index contributed by atoms with van der Waals surface area (Å²) in [5.41, 5.74) is 5.52. The Hall–Kier alpha value is -1.25. The molecule has 2 aromatic carbocycles. The molecule has 0 aliphatic rings. The lowest BCUT2D eigenvalue weighted by molar-refractivity contribution is 0.657. The van der Waals surface area contributed by atoms with E-state index in [1.807, 2.05) is 11.8 Å². The van der Waals surface area contributed by atoms with Crippen LogP contribution in [0.2, 0.25) is 0 Å². The van der Waals surface area contributed by atoms with Crippen LogP contribution in [0.4, 0.5) is 0 Å². The maximum absolute atomic E-state index is 3.45. The number of hydrogen-bond acceptors (Lipinski definition) is 2. The van der Waals surface area contributed by atoms with E-state index in [0.29, 0.717) is 6.04 Å². The van der Waals surface area contributed by atoms with Crippen molar-refractivity contribution in [2.24, 2.45) is 0 Å². The molecule has 0 spiro atoms. The van der Waals surface area contributed by atoms with E-state index < -0.39 is 0 Å². The molecule has 1 N–H and O–H groups in total. The van der Waals surface area contributed by atoms with Gasteiger partial charge in [-0.25, -0.2) is 0 Å². The molecule has 0 heterocycles. The van der Waals surface area contributed by atoms with Crippen LogP contribution in [-0.4, -0.2) is 12.8 Å². The first kappa shape index (κ1) is 15.1. The van der Waals surface area contributed by atoms with Crippen molar-refractivity contribution in [2.75, 3.05) is 12.8 Å². The van der Waals surface area contributed by atoms with Crippen molar-refractivity contribution < 1.29 is 0 Å². The van der Waals surface area contributed by atoms with Gasteiger partial charge < -0.3 is 5.32 Å². The zero-order valence-electron chi connectivity index (χ0n) is 12.5. The van der Waals surface area contributed by atoms with Crippen molar-refractivity contribution in [1.29, 1.82) is 0 Å². The van der Waals surface area contributed by atoms with Gasteiger partial charge in [0.2, 0.25) is 0 Å². The molecule has 1 nitrogen and oxygen atoms in total. The van der Waals surface area contributed by atoms with Crippen LogP contribution in [0, 0.1) is 13.8 Å². The van der Waals surface area contributed by atoms with Gasteiger partial charge in [0.05, 0.1) is 0 Å². The smallest absolute Gasteiger partial charge is 0.0412 e. The quantitative estimate of drug-likeness (QED) is 0.839. The zero-order valence-corrected chi connectivity index (χ0v) is 13.3. The molecule has 0 aliphatic heterocycles. The van der Waals surface area contributed by atoms with E-state index >= 15 is 0 Å². The summed E-state index contributed by atoms with van der Waals surface area (Å²) < 4.78 is 0. The van der Waals surface area contributed by atoms with Gasteiger partial charge >= 0.3 is 0 Å². The standard InChI is InChI=1S/C18H23NS/c1-14-9-10-15(2)17(11-14)18(19-3)13-20-12-16-7-5-4-6-8-16/h4-11,18-19H,12-13H2,1-3H3. The molecular weight excluding hydrogens is 262 g/mol. The van der Waals surface area contributed by atoms with Gasteiger partial charge in [-0.15, -0.1) is 0 Å². The van der Waals surface area contributed by atoms with Crippen LogP contribution in [0.1, 0.15) is 28.3 Å². The molecule has 20 heavy (non-hydrogen) atoms. The molecule has 106 valence electrons. The summed E-state index contributed by atoms with van der Waals surface area (Å²) in [6.45, 7) is 4.35. The first-order valence-electron chi connectivity index (χ1n) is 7.07. The number of aryl methyl sites for hydroxylation is 2. The molecule has 0 saturated heterocycles. The second kappa shape index (κ2) is 7.51. The summed E-state index contributed by atoms with van der Waals surface area (Å²) in [6.07, 6.45) is 0. The van der Waals surface area contributed by atoms with E-state index in [0.717, 1.165) is 11.5 Å². The fraction of sp³-hybridized carbons (Fsp3) is 0.333. The molecule has 0 fully saturated rings. The highest BCUT2D eigenvalue weighted by atomic mass is 32.2. The van der Waals surface area contributed by atoms with Crippen LogP contribution < -0.4 is 5.32 Å². The predicted molar refractivity (Wildman–Crippen MR) is 90.3 cm³/mol. The lowest BCUT2D eigenvalue weighted by atomic mass is 10.0. The summed E-state index contributed by atoms with van der Waals surface area (Å²) in [5.74, 6) is 2.17. The summed E-state index contributed by atoms with van der Waals surface area (Å²) >= 11 is 1.99. The molecule has 2 aromatic rings. The van der Waals surface area contributed by atoms with Crippen LogP contribution >= 0.6 is 11.8 Å². The number of nitrogens with one attached hydrogen (secondary N) is 1. The summed E-state index contributed by atoms with van der Waals surface area (Å²) in [7, 11) is 2.05. The van der Waals surface area contributed by atoms with Gasteiger partial charge in [0.15, 0.2) is 0 Å². The van der Waals surface area contributed by atoms with Crippen LogP contribution in [-0.2, 0) is 5.75 Å². The van der Waals surface area contributed by atoms with E-state index in [9.17, 15) is 0 Å². The Kier molecular flexibility index (Phi) is 5.69. The van der Waals surface area contributed by atoms with Crippen LogP contribution in [0.5, 0.6) is 0 Å². The third-order valence-electron chi connectivity index (χ3n) is 3.55. The van der Waals surface area contributed by atoms with Gasteiger partial charge in [-0.3, -0.25) is 0 Å². The van der Waals surface area contributed by atoms with Gasteiger partial charge in [0, 0.05) is 17.5 Å². The molecule has 2 heteroatoms. The summed E-state index contributed by atoms with van der Waals surface area (Å²) in [4.78, 5) is 0. The van der Waals surface area contributed by atoms with E-state index in [-0.39, 0.29) is 0 Å². The Labute approximate surface area is 126 Å². The van der Waals surface area contributed by atoms with Crippen LogP contribution in [0.15, 0.2) is 48.5 Å². The van der Waals surface area contributed by atoms with Gasteiger partial charge in [0.25, 0.3) is 0 Å². The lowest BCUT2D eigenvalue weighted by Gasteiger charge is -2.19. The van der Waals surface area contributed by atoms with Crippen molar-refractivity contribution in [1.82, 2.24) is 5.32 Å². The largest absolute Gasteiger partial charge is 0.312 e. The Morgan fingerprint density at radius 3 is 2.50 bits per heavy atom. The van der Waals surface area contributed by atoms with Crippen molar-refractivity contribution in [2.45, 2.75) is 25.6 Å². The van der Waals surface area contributed by atoms with Crippen LogP contribution in [0.3, 0.4) is 0 Å². The average molecular weight is 285 g/mol. The van der Waals surface area contributed by atoms with Crippen molar-refractivity contribution in [3.8, 4) is 0 Å². The topological polar surface area (TPSA) is 12.0 Å².